The van der Waals surface area contributed by atoms with E-state index in [0.717, 1.165) is 24.8 Å². The van der Waals surface area contributed by atoms with Crippen molar-refractivity contribution in [3.63, 3.8) is 0 Å². The predicted octanol–water partition coefficient (Wildman–Crippen LogP) is 2.72. The molecule has 3 amide bonds. The molecular weight excluding hydrogens is 330 g/mol. The fourth-order valence-corrected chi connectivity index (χ4v) is 2.91. The summed E-state index contributed by atoms with van der Waals surface area (Å²) in [6, 6.07) is 5.21. The van der Waals surface area contributed by atoms with E-state index < -0.39 is 0 Å². The molecule has 26 heavy (non-hydrogen) atoms. The molecule has 0 aromatic heterocycles. The number of rotatable bonds is 6. The summed E-state index contributed by atoms with van der Waals surface area (Å²) in [5, 5.41) is 5.73. The molecule has 142 valence electrons. The lowest BCUT2D eigenvalue weighted by Gasteiger charge is -2.20. The van der Waals surface area contributed by atoms with Gasteiger partial charge in [0.2, 0.25) is 11.8 Å². The molecule has 0 unspecified atom stereocenters. The summed E-state index contributed by atoms with van der Waals surface area (Å²) in [5.74, 6) is 0.113. The zero-order chi connectivity index (χ0) is 19.1. The van der Waals surface area contributed by atoms with E-state index in [0.29, 0.717) is 36.7 Å². The Bertz CT molecular complexity index is 670. The highest BCUT2D eigenvalue weighted by molar-refractivity contribution is 5.97. The first-order valence-corrected chi connectivity index (χ1v) is 9.33. The molecule has 0 saturated carbocycles. The van der Waals surface area contributed by atoms with Gasteiger partial charge in [0.25, 0.3) is 5.91 Å². The lowest BCUT2D eigenvalue weighted by Crippen LogP contribution is -2.37. The molecule has 1 saturated heterocycles. The topological polar surface area (TPSA) is 78.5 Å². The summed E-state index contributed by atoms with van der Waals surface area (Å²) in [6.07, 6.45) is 3.39. The van der Waals surface area contributed by atoms with Crippen molar-refractivity contribution in [2.45, 2.75) is 46.5 Å². The first-order chi connectivity index (χ1) is 12.4. The Morgan fingerprint density at radius 3 is 2.65 bits per heavy atom. The van der Waals surface area contributed by atoms with Crippen LogP contribution in [0.15, 0.2) is 18.2 Å². The van der Waals surface area contributed by atoms with Crippen LogP contribution in [0.25, 0.3) is 0 Å². The highest BCUT2D eigenvalue weighted by Gasteiger charge is 2.19. The molecule has 0 bridgehead atoms. The first kappa shape index (κ1) is 19.9. The molecule has 1 aromatic carbocycles. The maximum Gasteiger partial charge on any atom is 0.251 e. The van der Waals surface area contributed by atoms with Gasteiger partial charge < -0.3 is 15.5 Å². The number of aryl methyl sites for hydroxylation is 1. The van der Waals surface area contributed by atoms with Crippen molar-refractivity contribution in [3.8, 4) is 0 Å². The van der Waals surface area contributed by atoms with E-state index in [9.17, 15) is 14.4 Å². The van der Waals surface area contributed by atoms with Crippen LogP contribution in [0.3, 0.4) is 0 Å². The average molecular weight is 359 g/mol. The van der Waals surface area contributed by atoms with Gasteiger partial charge in [0.05, 0.1) is 6.54 Å². The minimum absolute atomic E-state index is 0.0477. The SMILES string of the molecule is Cc1cc(C(=O)NCC(C)C)ccc1NC(=O)CN1CCCCCC1=O. The molecule has 0 atom stereocenters. The maximum absolute atomic E-state index is 12.3. The Balaban J connectivity index is 1.95. The smallest absolute Gasteiger partial charge is 0.251 e. The van der Waals surface area contributed by atoms with E-state index in [1.165, 1.54) is 0 Å². The van der Waals surface area contributed by atoms with Gasteiger partial charge in [0, 0.05) is 30.8 Å². The molecular formula is C20H29N3O3. The van der Waals surface area contributed by atoms with Crippen molar-refractivity contribution in [1.29, 1.82) is 0 Å². The number of carbonyl (C=O) groups excluding carboxylic acids is 3. The number of nitrogens with one attached hydrogen (secondary N) is 2. The summed E-state index contributed by atoms with van der Waals surface area (Å²) in [6.45, 7) is 7.28. The summed E-state index contributed by atoms with van der Waals surface area (Å²) < 4.78 is 0. The number of hydrogen-bond acceptors (Lipinski definition) is 3. The fraction of sp³-hybridized carbons (Fsp3) is 0.550. The van der Waals surface area contributed by atoms with Crippen LogP contribution in [0.1, 0.15) is 55.5 Å². The lowest BCUT2D eigenvalue weighted by molar-refractivity contribution is -0.134. The predicted molar refractivity (Wildman–Crippen MR) is 102 cm³/mol. The monoisotopic (exact) mass is 359 g/mol. The molecule has 2 N–H and O–H groups in total. The van der Waals surface area contributed by atoms with Crippen LogP contribution in [0, 0.1) is 12.8 Å². The molecule has 0 aliphatic carbocycles. The molecule has 1 fully saturated rings. The maximum atomic E-state index is 12.3. The Morgan fingerprint density at radius 2 is 1.96 bits per heavy atom. The van der Waals surface area contributed by atoms with Gasteiger partial charge in [-0.05, 0) is 49.4 Å². The molecule has 1 aromatic rings. The Kier molecular flexibility index (Phi) is 7.18. The second-order valence-electron chi connectivity index (χ2n) is 7.31. The number of likely N-dealkylation sites (tertiary alicyclic amines) is 1. The van der Waals surface area contributed by atoms with E-state index in [2.05, 4.69) is 10.6 Å². The van der Waals surface area contributed by atoms with Crippen molar-refractivity contribution >= 4 is 23.4 Å². The second-order valence-corrected chi connectivity index (χ2v) is 7.31. The number of anilines is 1. The van der Waals surface area contributed by atoms with Gasteiger partial charge in [0.15, 0.2) is 0 Å². The number of hydrogen-bond donors (Lipinski definition) is 2. The third kappa shape index (κ3) is 5.86. The van der Waals surface area contributed by atoms with Crippen LogP contribution in [0.4, 0.5) is 5.69 Å². The van der Waals surface area contributed by atoms with Crippen LogP contribution in [0.5, 0.6) is 0 Å². The van der Waals surface area contributed by atoms with E-state index in [1.54, 1.807) is 23.1 Å². The quantitative estimate of drug-likeness (QED) is 0.820. The van der Waals surface area contributed by atoms with E-state index in [-0.39, 0.29) is 24.3 Å². The molecule has 6 nitrogen and oxygen atoms in total. The molecule has 1 aliphatic heterocycles. The number of amides is 3. The Morgan fingerprint density at radius 1 is 1.19 bits per heavy atom. The zero-order valence-electron chi connectivity index (χ0n) is 15.9. The van der Waals surface area contributed by atoms with Crippen LogP contribution < -0.4 is 10.6 Å². The van der Waals surface area contributed by atoms with Crippen LogP contribution in [-0.2, 0) is 9.59 Å². The minimum Gasteiger partial charge on any atom is -0.352 e. The lowest BCUT2D eigenvalue weighted by atomic mass is 10.1. The summed E-state index contributed by atoms with van der Waals surface area (Å²) in [4.78, 5) is 38.1. The van der Waals surface area contributed by atoms with Gasteiger partial charge in [-0.15, -0.1) is 0 Å². The first-order valence-electron chi connectivity index (χ1n) is 9.33. The normalized spacial score (nSPS) is 14.9. The minimum atomic E-state index is -0.208. The number of benzene rings is 1. The average Bonchev–Trinajstić information content (AvgIpc) is 2.79. The van der Waals surface area contributed by atoms with Gasteiger partial charge in [-0.1, -0.05) is 20.3 Å². The van der Waals surface area contributed by atoms with Gasteiger partial charge in [0.1, 0.15) is 0 Å². The second kappa shape index (κ2) is 9.36. The summed E-state index contributed by atoms with van der Waals surface area (Å²) in [7, 11) is 0. The Labute approximate surface area is 155 Å². The van der Waals surface area contributed by atoms with Crippen LogP contribution in [0.2, 0.25) is 0 Å². The zero-order valence-corrected chi connectivity index (χ0v) is 15.9. The highest BCUT2D eigenvalue weighted by atomic mass is 16.2. The number of carbonyl (C=O) groups is 3. The van der Waals surface area contributed by atoms with Crippen LogP contribution >= 0.6 is 0 Å². The van der Waals surface area contributed by atoms with Crippen molar-refractivity contribution in [3.05, 3.63) is 29.3 Å². The van der Waals surface area contributed by atoms with Gasteiger partial charge >= 0.3 is 0 Å². The standard InChI is InChI=1S/C20H29N3O3/c1-14(2)12-21-20(26)16-8-9-17(15(3)11-16)22-18(24)13-23-10-6-4-5-7-19(23)25/h8-9,11,14H,4-7,10,12-13H2,1-3H3,(H,21,26)(H,22,24). The van der Waals surface area contributed by atoms with Gasteiger partial charge in [-0.25, -0.2) is 0 Å². The molecule has 2 rings (SSSR count). The van der Waals surface area contributed by atoms with Crippen molar-refractivity contribution < 1.29 is 14.4 Å². The summed E-state index contributed by atoms with van der Waals surface area (Å²) in [5.41, 5.74) is 2.05. The van der Waals surface area contributed by atoms with E-state index >= 15 is 0 Å². The molecule has 0 radical (unpaired) electrons. The molecule has 1 aliphatic rings. The van der Waals surface area contributed by atoms with Crippen molar-refractivity contribution in [2.75, 3.05) is 25.0 Å². The van der Waals surface area contributed by atoms with Crippen molar-refractivity contribution in [2.24, 2.45) is 5.92 Å². The number of nitrogens with zero attached hydrogens (tertiary/aromatic N) is 1. The molecule has 1 heterocycles. The summed E-state index contributed by atoms with van der Waals surface area (Å²) >= 11 is 0. The van der Waals surface area contributed by atoms with E-state index in [1.807, 2.05) is 20.8 Å². The largest absolute Gasteiger partial charge is 0.352 e. The third-order valence-corrected chi connectivity index (χ3v) is 4.44. The van der Waals surface area contributed by atoms with Crippen molar-refractivity contribution in [1.82, 2.24) is 10.2 Å². The van der Waals surface area contributed by atoms with E-state index in [4.69, 9.17) is 0 Å². The van der Waals surface area contributed by atoms with Gasteiger partial charge in [-0.3, -0.25) is 14.4 Å². The van der Waals surface area contributed by atoms with Gasteiger partial charge in [-0.2, -0.15) is 0 Å². The fourth-order valence-electron chi connectivity index (χ4n) is 2.91. The van der Waals surface area contributed by atoms with Crippen LogP contribution in [-0.4, -0.2) is 42.3 Å². The molecule has 6 heteroatoms. The third-order valence-electron chi connectivity index (χ3n) is 4.44. The molecule has 0 spiro atoms. The Hall–Kier alpha value is -2.37. The highest BCUT2D eigenvalue weighted by Crippen LogP contribution is 2.17.